The first kappa shape index (κ1) is 12.1. The average Bonchev–Trinajstić information content (AvgIpc) is 2.34. The van der Waals surface area contributed by atoms with Gasteiger partial charge in [-0.05, 0) is 62.0 Å². The quantitative estimate of drug-likeness (QED) is 0.777. The predicted octanol–water partition coefficient (Wildman–Crippen LogP) is 3.10. The van der Waals surface area contributed by atoms with Crippen LogP contribution >= 0.6 is 0 Å². The normalized spacial score (nSPS) is 17.9. The van der Waals surface area contributed by atoms with Crippen molar-refractivity contribution in [1.29, 1.82) is 5.26 Å². The number of hydrogen-bond donors (Lipinski definition) is 0. The Bertz CT molecular complexity index is 423. The number of hydrogen-bond acceptors (Lipinski definition) is 2. The third kappa shape index (κ3) is 3.08. The summed E-state index contributed by atoms with van der Waals surface area (Å²) >= 11 is 0. The van der Waals surface area contributed by atoms with Crippen LogP contribution in [0.2, 0.25) is 0 Å². The van der Waals surface area contributed by atoms with Crippen LogP contribution in [0.5, 0.6) is 0 Å². The number of likely N-dealkylation sites (tertiary alicyclic amines) is 1. The zero-order valence-electron chi connectivity index (χ0n) is 10.7. The van der Waals surface area contributed by atoms with E-state index in [0.29, 0.717) is 0 Å². The SMILES string of the molecule is Cc1cc(C#N)ccc1CN1CCC(C)CC1. The van der Waals surface area contributed by atoms with Gasteiger partial charge in [-0.1, -0.05) is 13.0 Å². The molecule has 2 nitrogen and oxygen atoms in total. The molecular formula is C15H20N2. The van der Waals surface area contributed by atoms with Crippen molar-refractivity contribution in [1.82, 2.24) is 4.90 Å². The third-order valence-corrected chi connectivity index (χ3v) is 3.74. The van der Waals surface area contributed by atoms with Crippen LogP contribution in [0, 0.1) is 24.2 Å². The van der Waals surface area contributed by atoms with Crippen molar-refractivity contribution < 1.29 is 0 Å². The van der Waals surface area contributed by atoms with Gasteiger partial charge in [0.2, 0.25) is 0 Å². The van der Waals surface area contributed by atoms with Crippen LogP contribution < -0.4 is 0 Å². The fourth-order valence-corrected chi connectivity index (χ4v) is 2.40. The maximum atomic E-state index is 8.84. The highest BCUT2D eigenvalue weighted by atomic mass is 15.1. The zero-order chi connectivity index (χ0) is 12.3. The van der Waals surface area contributed by atoms with Gasteiger partial charge in [0.25, 0.3) is 0 Å². The molecule has 0 unspecified atom stereocenters. The van der Waals surface area contributed by atoms with E-state index >= 15 is 0 Å². The number of benzene rings is 1. The van der Waals surface area contributed by atoms with E-state index < -0.39 is 0 Å². The van der Waals surface area contributed by atoms with Crippen molar-refractivity contribution in [2.24, 2.45) is 5.92 Å². The lowest BCUT2D eigenvalue weighted by atomic mass is 9.98. The predicted molar refractivity (Wildman–Crippen MR) is 69.6 cm³/mol. The maximum absolute atomic E-state index is 8.84. The molecule has 0 spiro atoms. The minimum absolute atomic E-state index is 0.763. The molecule has 0 bridgehead atoms. The topological polar surface area (TPSA) is 27.0 Å². The first-order chi connectivity index (χ1) is 8.19. The summed E-state index contributed by atoms with van der Waals surface area (Å²) in [6.45, 7) is 7.89. The van der Waals surface area contributed by atoms with Gasteiger partial charge >= 0.3 is 0 Å². The van der Waals surface area contributed by atoms with Crippen molar-refractivity contribution in [3.05, 3.63) is 34.9 Å². The number of nitrogens with zero attached hydrogens (tertiary/aromatic N) is 2. The van der Waals surface area contributed by atoms with E-state index in [0.717, 1.165) is 18.0 Å². The molecule has 90 valence electrons. The maximum Gasteiger partial charge on any atom is 0.0991 e. The molecule has 2 heteroatoms. The van der Waals surface area contributed by atoms with Gasteiger partial charge in [0.1, 0.15) is 0 Å². The monoisotopic (exact) mass is 228 g/mol. The third-order valence-electron chi connectivity index (χ3n) is 3.74. The molecule has 0 atom stereocenters. The highest BCUT2D eigenvalue weighted by Gasteiger charge is 2.16. The molecule has 0 aromatic heterocycles. The molecule has 1 fully saturated rings. The zero-order valence-corrected chi connectivity index (χ0v) is 10.7. The fraction of sp³-hybridized carbons (Fsp3) is 0.533. The molecule has 1 aliphatic rings. The van der Waals surface area contributed by atoms with E-state index in [1.165, 1.54) is 37.1 Å². The molecule has 1 saturated heterocycles. The van der Waals surface area contributed by atoms with Gasteiger partial charge in [-0.2, -0.15) is 5.26 Å². The Morgan fingerprint density at radius 2 is 2.06 bits per heavy atom. The Kier molecular flexibility index (Phi) is 3.81. The highest BCUT2D eigenvalue weighted by Crippen LogP contribution is 2.19. The van der Waals surface area contributed by atoms with Crippen LogP contribution in [0.1, 0.15) is 36.5 Å². The molecule has 0 radical (unpaired) electrons. The number of piperidine rings is 1. The number of aryl methyl sites for hydroxylation is 1. The van der Waals surface area contributed by atoms with E-state index in [2.05, 4.69) is 30.9 Å². The molecule has 0 N–H and O–H groups in total. The summed E-state index contributed by atoms with van der Waals surface area (Å²) in [6, 6.07) is 8.21. The Morgan fingerprint density at radius 3 is 2.65 bits per heavy atom. The second-order valence-corrected chi connectivity index (χ2v) is 5.21. The minimum atomic E-state index is 0.763. The van der Waals surface area contributed by atoms with E-state index in [1.54, 1.807) is 0 Å². The van der Waals surface area contributed by atoms with Gasteiger partial charge in [0.15, 0.2) is 0 Å². The van der Waals surface area contributed by atoms with Gasteiger partial charge in [-0.25, -0.2) is 0 Å². The van der Waals surface area contributed by atoms with Gasteiger partial charge in [0.05, 0.1) is 11.6 Å². The molecule has 1 aromatic carbocycles. The molecule has 17 heavy (non-hydrogen) atoms. The lowest BCUT2D eigenvalue weighted by Crippen LogP contribution is -2.32. The molecular weight excluding hydrogens is 208 g/mol. The Balaban J connectivity index is 2.02. The van der Waals surface area contributed by atoms with Gasteiger partial charge in [-0.15, -0.1) is 0 Å². The van der Waals surface area contributed by atoms with E-state index in [1.807, 2.05) is 12.1 Å². The van der Waals surface area contributed by atoms with Crippen LogP contribution in [-0.4, -0.2) is 18.0 Å². The molecule has 1 heterocycles. The summed E-state index contributed by atoms with van der Waals surface area (Å²) in [6.07, 6.45) is 2.63. The summed E-state index contributed by atoms with van der Waals surface area (Å²) in [5.41, 5.74) is 3.36. The second kappa shape index (κ2) is 5.33. The lowest BCUT2D eigenvalue weighted by molar-refractivity contribution is 0.185. The largest absolute Gasteiger partial charge is 0.299 e. The van der Waals surface area contributed by atoms with Crippen molar-refractivity contribution in [2.75, 3.05) is 13.1 Å². The summed E-state index contributed by atoms with van der Waals surface area (Å²) in [5.74, 6) is 0.883. The van der Waals surface area contributed by atoms with Gasteiger partial charge in [-0.3, -0.25) is 4.90 Å². The molecule has 1 aromatic rings. The first-order valence-electron chi connectivity index (χ1n) is 6.41. The fourth-order valence-electron chi connectivity index (χ4n) is 2.40. The van der Waals surface area contributed by atoms with E-state index in [-0.39, 0.29) is 0 Å². The number of nitriles is 1. The number of rotatable bonds is 2. The molecule has 0 aliphatic carbocycles. The minimum Gasteiger partial charge on any atom is -0.299 e. The summed E-state index contributed by atoms with van der Waals surface area (Å²) in [4.78, 5) is 2.52. The van der Waals surface area contributed by atoms with Crippen LogP contribution in [0.4, 0.5) is 0 Å². The molecule has 0 saturated carbocycles. The Labute approximate surface area is 104 Å². The first-order valence-corrected chi connectivity index (χ1v) is 6.41. The Morgan fingerprint density at radius 1 is 1.35 bits per heavy atom. The van der Waals surface area contributed by atoms with Crippen LogP contribution in [-0.2, 0) is 6.54 Å². The summed E-state index contributed by atoms with van der Waals surface area (Å²) in [7, 11) is 0. The van der Waals surface area contributed by atoms with Crippen molar-refractivity contribution >= 4 is 0 Å². The van der Waals surface area contributed by atoms with Crippen LogP contribution in [0.25, 0.3) is 0 Å². The molecule has 1 aliphatic heterocycles. The molecule has 0 amide bonds. The van der Waals surface area contributed by atoms with Crippen LogP contribution in [0.15, 0.2) is 18.2 Å². The summed E-state index contributed by atoms with van der Waals surface area (Å²) in [5, 5.41) is 8.84. The van der Waals surface area contributed by atoms with Gasteiger partial charge in [0, 0.05) is 6.54 Å². The van der Waals surface area contributed by atoms with Crippen molar-refractivity contribution in [3.63, 3.8) is 0 Å². The van der Waals surface area contributed by atoms with Crippen molar-refractivity contribution in [3.8, 4) is 6.07 Å². The Hall–Kier alpha value is -1.33. The van der Waals surface area contributed by atoms with E-state index in [4.69, 9.17) is 5.26 Å². The van der Waals surface area contributed by atoms with E-state index in [9.17, 15) is 0 Å². The second-order valence-electron chi connectivity index (χ2n) is 5.21. The smallest absolute Gasteiger partial charge is 0.0991 e. The van der Waals surface area contributed by atoms with Crippen molar-refractivity contribution in [2.45, 2.75) is 33.2 Å². The lowest BCUT2D eigenvalue weighted by Gasteiger charge is -2.30. The summed E-state index contributed by atoms with van der Waals surface area (Å²) < 4.78 is 0. The van der Waals surface area contributed by atoms with Crippen LogP contribution in [0.3, 0.4) is 0 Å². The highest BCUT2D eigenvalue weighted by molar-refractivity contribution is 5.37. The standard InChI is InChI=1S/C15H20N2/c1-12-5-7-17(8-6-12)11-15-4-3-14(10-16)9-13(15)2/h3-4,9,12H,5-8,11H2,1-2H3. The average molecular weight is 228 g/mol. The molecule has 2 rings (SSSR count). The van der Waals surface area contributed by atoms with Gasteiger partial charge < -0.3 is 0 Å².